The summed E-state index contributed by atoms with van der Waals surface area (Å²) in [6, 6.07) is 0. The van der Waals surface area contributed by atoms with Gasteiger partial charge < -0.3 is 5.73 Å². The van der Waals surface area contributed by atoms with Crippen molar-refractivity contribution in [2.24, 2.45) is 12.8 Å². The molecule has 1 aliphatic rings. The Kier molecular flexibility index (Phi) is 3.28. The van der Waals surface area contributed by atoms with Gasteiger partial charge in [-0.15, -0.1) is 0 Å². The highest BCUT2D eigenvalue weighted by Crippen LogP contribution is 2.33. The van der Waals surface area contributed by atoms with E-state index in [1.807, 2.05) is 11.7 Å². The van der Waals surface area contributed by atoms with Crippen LogP contribution in [0.5, 0.6) is 0 Å². The molecule has 0 spiro atoms. The third-order valence-electron chi connectivity index (χ3n) is 3.47. The molecule has 2 N–H and O–H groups in total. The average molecular weight is 222 g/mol. The van der Waals surface area contributed by atoms with E-state index < -0.39 is 0 Å². The fraction of sp³-hybridized carbons (Fsp3) is 0.833. The molecule has 16 heavy (non-hydrogen) atoms. The summed E-state index contributed by atoms with van der Waals surface area (Å²) >= 11 is 0. The quantitative estimate of drug-likeness (QED) is 0.849. The molecule has 1 saturated carbocycles. The molecule has 0 radical (unpaired) electrons. The Balaban J connectivity index is 2.24. The number of hydrogen-bond donors (Lipinski definition) is 1. The van der Waals surface area contributed by atoms with E-state index >= 15 is 0 Å². The van der Waals surface area contributed by atoms with Gasteiger partial charge in [0.25, 0.3) is 0 Å². The van der Waals surface area contributed by atoms with Crippen molar-refractivity contribution in [2.75, 3.05) is 0 Å². The predicted octanol–water partition coefficient (Wildman–Crippen LogP) is 1.89. The zero-order chi connectivity index (χ0) is 11.6. The summed E-state index contributed by atoms with van der Waals surface area (Å²) in [7, 11) is 1.96. The second-order valence-electron chi connectivity index (χ2n) is 4.94. The van der Waals surface area contributed by atoms with Gasteiger partial charge in [-0.3, -0.25) is 4.68 Å². The van der Waals surface area contributed by atoms with E-state index in [1.165, 1.54) is 19.3 Å². The number of aryl methyl sites for hydroxylation is 2. The zero-order valence-electron chi connectivity index (χ0n) is 10.4. The summed E-state index contributed by atoms with van der Waals surface area (Å²) in [6.07, 6.45) is 7.86. The second-order valence-corrected chi connectivity index (χ2v) is 4.94. The summed E-state index contributed by atoms with van der Waals surface area (Å²) in [4.78, 5) is 4.62. The molecule has 0 saturated heterocycles. The van der Waals surface area contributed by atoms with Gasteiger partial charge in [0.15, 0.2) is 5.82 Å². The van der Waals surface area contributed by atoms with Gasteiger partial charge in [-0.1, -0.05) is 26.2 Å². The van der Waals surface area contributed by atoms with E-state index in [-0.39, 0.29) is 5.54 Å². The van der Waals surface area contributed by atoms with Crippen molar-refractivity contribution in [2.45, 2.75) is 57.4 Å². The third-order valence-corrected chi connectivity index (χ3v) is 3.47. The van der Waals surface area contributed by atoms with Crippen LogP contribution in [0.4, 0.5) is 0 Å². The van der Waals surface area contributed by atoms with Crippen LogP contribution in [0.15, 0.2) is 0 Å². The highest BCUT2D eigenvalue weighted by Gasteiger charge is 2.34. The van der Waals surface area contributed by atoms with E-state index in [1.54, 1.807) is 0 Å². The molecule has 0 atom stereocenters. The Morgan fingerprint density at radius 2 is 2.00 bits per heavy atom. The van der Waals surface area contributed by atoms with Gasteiger partial charge in [0.2, 0.25) is 0 Å². The molecule has 0 aromatic carbocycles. The van der Waals surface area contributed by atoms with Crippen LogP contribution in [0.2, 0.25) is 0 Å². The minimum atomic E-state index is -0.230. The van der Waals surface area contributed by atoms with Gasteiger partial charge in [0, 0.05) is 13.5 Å². The van der Waals surface area contributed by atoms with Crippen LogP contribution in [0.3, 0.4) is 0 Å². The van der Waals surface area contributed by atoms with Crippen LogP contribution in [0.25, 0.3) is 0 Å². The number of nitrogens with zero attached hydrogens (tertiary/aromatic N) is 3. The van der Waals surface area contributed by atoms with Crippen molar-refractivity contribution in [1.29, 1.82) is 0 Å². The van der Waals surface area contributed by atoms with E-state index in [4.69, 9.17) is 5.73 Å². The molecular weight excluding hydrogens is 200 g/mol. The van der Waals surface area contributed by atoms with Crippen molar-refractivity contribution >= 4 is 0 Å². The van der Waals surface area contributed by atoms with Crippen molar-refractivity contribution in [3.63, 3.8) is 0 Å². The Labute approximate surface area is 97.2 Å². The smallest absolute Gasteiger partial charge is 0.151 e. The molecule has 0 bridgehead atoms. The summed E-state index contributed by atoms with van der Waals surface area (Å²) < 4.78 is 1.89. The summed E-state index contributed by atoms with van der Waals surface area (Å²) in [5.74, 6) is 1.92. The van der Waals surface area contributed by atoms with Crippen LogP contribution < -0.4 is 5.73 Å². The fourth-order valence-electron chi connectivity index (χ4n) is 2.61. The number of aromatic nitrogens is 3. The second kappa shape index (κ2) is 4.53. The highest BCUT2D eigenvalue weighted by molar-refractivity contribution is 5.08. The topological polar surface area (TPSA) is 56.7 Å². The lowest BCUT2D eigenvalue weighted by molar-refractivity contribution is 0.278. The maximum Gasteiger partial charge on any atom is 0.151 e. The first kappa shape index (κ1) is 11.6. The molecule has 1 aliphatic carbocycles. The van der Waals surface area contributed by atoms with E-state index in [2.05, 4.69) is 17.0 Å². The predicted molar refractivity (Wildman–Crippen MR) is 63.9 cm³/mol. The molecule has 90 valence electrons. The van der Waals surface area contributed by atoms with Crippen LogP contribution in [-0.2, 0) is 19.0 Å². The van der Waals surface area contributed by atoms with Gasteiger partial charge in [0.1, 0.15) is 5.82 Å². The summed E-state index contributed by atoms with van der Waals surface area (Å²) in [5.41, 5.74) is 6.24. The van der Waals surface area contributed by atoms with E-state index in [0.29, 0.717) is 0 Å². The fourth-order valence-corrected chi connectivity index (χ4v) is 2.61. The lowest BCUT2D eigenvalue weighted by Gasteiger charge is -2.31. The Morgan fingerprint density at radius 3 is 2.62 bits per heavy atom. The SMILES string of the molecule is CCCc1nc(C2(N)CCCCC2)n(C)n1. The maximum atomic E-state index is 6.47. The average Bonchev–Trinajstić information content (AvgIpc) is 2.62. The first-order valence-electron chi connectivity index (χ1n) is 6.35. The maximum absolute atomic E-state index is 6.47. The molecular formula is C12H22N4. The van der Waals surface area contributed by atoms with Crippen LogP contribution in [-0.4, -0.2) is 14.8 Å². The molecule has 1 aromatic heterocycles. The largest absolute Gasteiger partial charge is 0.319 e. The van der Waals surface area contributed by atoms with E-state index in [9.17, 15) is 0 Å². The highest BCUT2D eigenvalue weighted by atomic mass is 15.3. The lowest BCUT2D eigenvalue weighted by Crippen LogP contribution is -2.41. The summed E-state index contributed by atoms with van der Waals surface area (Å²) in [6.45, 7) is 2.15. The number of rotatable bonds is 3. The monoisotopic (exact) mass is 222 g/mol. The van der Waals surface area contributed by atoms with Crippen LogP contribution in [0, 0.1) is 0 Å². The minimum Gasteiger partial charge on any atom is -0.319 e. The zero-order valence-corrected chi connectivity index (χ0v) is 10.4. The van der Waals surface area contributed by atoms with Gasteiger partial charge in [-0.2, -0.15) is 5.10 Å². The van der Waals surface area contributed by atoms with Crippen molar-refractivity contribution in [3.05, 3.63) is 11.6 Å². The normalized spacial score (nSPS) is 19.9. The Bertz CT molecular complexity index is 350. The summed E-state index contributed by atoms with van der Waals surface area (Å²) in [5, 5.41) is 4.45. The Hall–Kier alpha value is -0.900. The van der Waals surface area contributed by atoms with Gasteiger partial charge in [-0.25, -0.2) is 4.98 Å². The van der Waals surface area contributed by atoms with Crippen LogP contribution >= 0.6 is 0 Å². The molecule has 2 rings (SSSR count). The van der Waals surface area contributed by atoms with Gasteiger partial charge in [0.05, 0.1) is 5.54 Å². The lowest BCUT2D eigenvalue weighted by atomic mass is 9.82. The van der Waals surface area contributed by atoms with Crippen molar-refractivity contribution in [3.8, 4) is 0 Å². The van der Waals surface area contributed by atoms with Crippen molar-refractivity contribution < 1.29 is 0 Å². The Morgan fingerprint density at radius 1 is 1.31 bits per heavy atom. The first-order valence-corrected chi connectivity index (χ1v) is 6.35. The number of hydrogen-bond acceptors (Lipinski definition) is 3. The molecule has 0 aliphatic heterocycles. The van der Waals surface area contributed by atoms with E-state index in [0.717, 1.165) is 37.3 Å². The minimum absolute atomic E-state index is 0.230. The first-order chi connectivity index (χ1) is 7.65. The molecule has 0 unspecified atom stereocenters. The standard InChI is InChI=1S/C12H22N4/c1-3-7-10-14-11(16(2)15-10)12(13)8-5-4-6-9-12/h3-9,13H2,1-2H3. The molecule has 1 heterocycles. The molecule has 4 nitrogen and oxygen atoms in total. The van der Waals surface area contributed by atoms with Crippen molar-refractivity contribution in [1.82, 2.24) is 14.8 Å². The molecule has 1 fully saturated rings. The van der Waals surface area contributed by atoms with Gasteiger partial charge >= 0.3 is 0 Å². The molecule has 4 heteroatoms. The third kappa shape index (κ3) is 2.12. The molecule has 0 amide bonds. The number of nitrogens with two attached hydrogens (primary N) is 1. The molecule has 1 aromatic rings. The van der Waals surface area contributed by atoms with Gasteiger partial charge in [-0.05, 0) is 19.3 Å². The van der Waals surface area contributed by atoms with Crippen LogP contribution in [0.1, 0.15) is 57.1 Å².